The molecule has 0 radical (unpaired) electrons. The number of aryl methyl sites for hydroxylation is 1. The average molecular weight is 242 g/mol. The Labute approximate surface area is 108 Å². The Morgan fingerprint density at radius 3 is 2.67 bits per heavy atom. The lowest BCUT2D eigenvalue weighted by Gasteiger charge is -2.12. The van der Waals surface area contributed by atoms with Crippen molar-refractivity contribution in [3.05, 3.63) is 59.4 Å². The number of methoxy groups -OCH3 is 1. The molecule has 0 amide bonds. The molecule has 0 aliphatic carbocycles. The van der Waals surface area contributed by atoms with Crippen molar-refractivity contribution in [2.24, 2.45) is 0 Å². The molecule has 94 valence electrons. The minimum absolute atomic E-state index is 0.643. The van der Waals surface area contributed by atoms with Gasteiger partial charge in [-0.05, 0) is 29.7 Å². The Morgan fingerprint density at radius 2 is 1.94 bits per heavy atom. The molecule has 1 N–H and O–H groups in total. The average Bonchev–Trinajstić information content (AvgIpc) is 2.40. The fraction of sp³-hybridized carbons (Fsp3) is 0.267. The molecule has 0 saturated carbocycles. The molecule has 3 nitrogen and oxygen atoms in total. The SMILES string of the molecule is COCc1ccccc1CNc1cnccc1C. The van der Waals surface area contributed by atoms with Gasteiger partial charge in [-0.25, -0.2) is 0 Å². The molecule has 0 atom stereocenters. The molecular formula is C15H18N2O. The molecule has 0 aliphatic rings. The van der Waals surface area contributed by atoms with Crippen LogP contribution in [0.5, 0.6) is 0 Å². The number of nitrogens with zero attached hydrogens (tertiary/aromatic N) is 1. The van der Waals surface area contributed by atoms with E-state index in [1.54, 1.807) is 13.3 Å². The zero-order valence-electron chi connectivity index (χ0n) is 10.8. The van der Waals surface area contributed by atoms with Crippen molar-refractivity contribution in [3.63, 3.8) is 0 Å². The van der Waals surface area contributed by atoms with Crippen molar-refractivity contribution in [1.82, 2.24) is 4.98 Å². The highest BCUT2D eigenvalue weighted by Gasteiger charge is 2.02. The molecule has 0 fully saturated rings. The third kappa shape index (κ3) is 3.08. The van der Waals surface area contributed by atoms with E-state index in [4.69, 9.17) is 4.74 Å². The number of rotatable bonds is 5. The van der Waals surface area contributed by atoms with E-state index >= 15 is 0 Å². The Hall–Kier alpha value is -1.87. The van der Waals surface area contributed by atoms with Gasteiger partial charge >= 0.3 is 0 Å². The van der Waals surface area contributed by atoms with E-state index < -0.39 is 0 Å². The van der Waals surface area contributed by atoms with Crippen LogP contribution < -0.4 is 5.32 Å². The maximum atomic E-state index is 5.20. The summed E-state index contributed by atoms with van der Waals surface area (Å²) in [5.74, 6) is 0. The second-order valence-corrected chi connectivity index (χ2v) is 4.25. The van der Waals surface area contributed by atoms with E-state index in [9.17, 15) is 0 Å². The third-order valence-corrected chi connectivity index (χ3v) is 2.93. The van der Waals surface area contributed by atoms with Crippen LogP contribution in [0, 0.1) is 6.92 Å². The molecule has 0 saturated heterocycles. The Kier molecular flexibility index (Phi) is 4.31. The van der Waals surface area contributed by atoms with Crippen molar-refractivity contribution in [2.45, 2.75) is 20.1 Å². The highest BCUT2D eigenvalue weighted by molar-refractivity contribution is 5.48. The third-order valence-electron chi connectivity index (χ3n) is 2.93. The van der Waals surface area contributed by atoms with Gasteiger partial charge in [-0.1, -0.05) is 24.3 Å². The summed E-state index contributed by atoms with van der Waals surface area (Å²) < 4.78 is 5.20. The number of anilines is 1. The van der Waals surface area contributed by atoms with Crippen LogP contribution in [0.3, 0.4) is 0 Å². The number of nitrogens with one attached hydrogen (secondary N) is 1. The monoisotopic (exact) mass is 242 g/mol. The lowest BCUT2D eigenvalue weighted by Crippen LogP contribution is -2.04. The largest absolute Gasteiger partial charge is 0.380 e. The second-order valence-electron chi connectivity index (χ2n) is 4.25. The van der Waals surface area contributed by atoms with Crippen LogP contribution in [0.25, 0.3) is 0 Å². The summed E-state index contributed by atoms with van der Waals surface area (Å²) in [4.78, 5) is 4.13. The quantitative estimate of drug-likeness (QED) is 0.874. The number of hydrogen-bond acceptors (Lipinski definition) is 3. The van der Waals surface area contributed by atoms with Crippen LogP contribution >= 0.6 is 0 Å². The van der Waals surface area contributed by atoms with E-state index in [0.29, 0.717) is 6.61 Å². The minimum Gasteiger partial charge on any atom is -0.380 e. The first-order valence-electron chi connectivity index (χ1n) is 6.01. The second kappa shape index (κ2) is 6.17. The molecule has 0 aliphatic heterocycles. The van der Waals surface area contributed by atoms with E-state index in [2.05, 4.69) is 29.4 Å². The Balaban J connectivity index is 2.08. The number of hydrogen-bond donors (Lipinski definition) is 1. The van der Waals surface area contributed by atoms with Crippen LogP contribution in [-0.4, -0.2) is 12.1 Å². The summed E-state index contributed by atoms with van der Waals surface area (Å²) in [6, 6.07) is 10.3. The predicted molar refractivity (Wildman–Crippen MR) is 73.5 cm³/mol. The Bertz CT molecular complexity index is 511. The fourth-order valence-electron chi connectivity index (χ4n) is 1.87. The first-order chi connectivity index (χ1) is 8.81. The minimum atomic E-state index is 0.643. The van der Waals surface area contributed by atoms with Crippen LogP contribution in [0.2, 0.25) is 0 Å². The zero-order valence-corrected chi connectivity index (χ0v) is 10.8. The number of pyridine rings is 1. The Morgan fingerprint density at radius 1 is 1.17 bits per heavy atom. The number of ether oxygens (including phenoxy) is 1. The molecule has 18 heavy (non-hydrogen) atoms. The predicted octanol–water partition coefficient (Wildman–Crippen LogP) is 3.15. The first kappa shape index (κ1) is 12.6. The van der Waals surface area contributed by atoms with Gasteiger partial charge in [-0.15, -0.1) is 0 Å². The van der Waals surface area contributed by atoms with Gasteiger partial charge in [0.25, 0.3) is 0 Å². The summed E-state index contributed by atoms with van der Waals surface area (Å²) in [6.07, 6.45) is 3.66. The molecule has 1 aromatic carbocycles. The summed E-state index contributed by atoms with van der Waals surface area (Å²) in [5, 5.41) is 3.41. The normalized spacial score (nSPS) is 10.3. The lowest BCUT2D eigenvalue weighted by atomic mass is 10.1. The van der Waals surface area contributed by atoms with Crippen molar-refractivity contribution in [3.8, 4) is 0 Å². The van der Waals surface area contributed by atoms with Crippen LogP contribution in [-0.2, 0) is 17.9 Å². The summed E-state index contributed by atoms with van der Waals surface area (Å²) >= 11 is 0. The topological polar surface area (TPSA) is 34.1 Å². The van der Waals surface area contributed by atoms with Gasteiger partial charge in [0.05, 0.1) is 18.5 Å². The van der Waals surface area contributed by atoms with Crippen molar-refractivity contribution in [2.75, 3.05) is 12.4 Å². The van der Waals surface area contributed by atoms with Crippen molar-refractivity contribution >= 4 is 5.69 Å². The molecule has 2 aromatic rings. The fourth-order valence-corrected chi connectivity index (χ4v) is 1.87. The van der Waals surface area contributed by atoms with E-state index in [0.717, 1.165) is 12.2 Å². The zero-order chi connectivity index (χ0) is 12.8. The molecule has 1 aromatic heterocycles. The molecule has 3 heteroatoms. The van der Waals surface area contributed by atoms with Gasteiger partial charge < -0.3 is 10.1 Å². The first-order valence-corrected chi connectivity index (χ1v) is 6.01. The van der Waals surface area contributed by atoms with Crippen LogP contribution in [0.15, 0.2) is 42.7 Å². The van der Waals surface area contributed by atoms with Gasteiger partial charge in [0.2, 0.25) is 0 Å². The van der Waals surface area contributed by atoms with Gasteiger partial charge in [0, 0.05) is 19.9 Å². The summed E-state index contributed by atoms with van der Waals surface area (Å²) in [7, 11) is 1.72. The van der Waals surface area contributed by atoms with Crippen molar-refractivity contribution in [1.29, 1.82) is 0 Å². The maximum absolute atomic E-state index is 5.20. The van der Waals surface area contributed by atoms with Gasteiger partial charge in [0.1, 0.15) is 0 Å². The maximum Gasteiger partial charge on any atom is 0.0716 e. The molecular weight excluding hydrogens is 224 g/mol. The van der Waals surface area contributed by atoms with E-state index in [-0.39, 0.29) is 0 Å². The molecule has 0 unspecified atom stereocenters. The highest BCUT2D eigenvalue weighted by atomic mass is 16.5. The van der Waals surface area contributed by atoms with E-state index in [1.165, 1.54) is 16.7 Å². The van der Waals surface area contributed by atoms with Gasteiger partial charge in [-0.2, -0.15) is 0 Å². The lowest BCUT2D eigenvalue weighted by molar-refractivity contribution is 0.184. The standard InChI is InChI=1S/C15H18N2O/c1-12-7-8-16-10-15(12)17-9-13-5-3-4-6-14(13)11-18-2/h3-8,10,17H,9,11H2,1-2H3. The number of benzene rings is 1. The van der Waals surface area contributed by atoms with Crippen LogP contribution in [0.4, 0.5) is 5.69 Å². The summed E-state index contributed by atoms with van der Waals surface area (Å²) in [5.41, 5.74) is 4.75. The van der Waals surface area contributed by atoms with Crippen molar-refractivity contribution < 1.29 is 4.74 Å². The smallest absolute Gasteiger partial charge is 0.0716 e. The molecule has 0 bridgehead atoms. The summed E-state index contributed by atoms with van der Waals surface area (Å²) in [6.45, 7) is 3.50. The molecule has 0 spiro atoms. The highest BCUT2D eigenvalue weighted by Crippen LogP contribution is 2.15. The molecule has 2 rings (SSSR count). The van der Waals surface area contributed by atoms with Crippen LogP contribution in [0.1, 0.15) is 16.7 Å². The number of aromatic nitrogens is 1. The van der Waals surface area contributed by atoms with Gasteiger partial charge in [0.15, 0.2) is 0 Å². The van der Waals surface area contributed by atoms with Gasteiger partial charge in [-0.3, -0.25) is 4.98 Å². The van der Waals surface area contributed by atoms with E-state index in [1.807, 2.05) is 24.4 Å². The molecule has 1 heterocycles.